The Bertz CT molecular complexity index is 686. The Morgan fingerprint density at radius 3 is 2.82 bits per heavy atom. The van der Waals surface area contributed by atoms with Crippen molar-refractivity contribution in [3.63, 3.8) is 0 Å². The van der Waals surface area contributed by atoms with Gasteiger partial charge in [0.05, 0.1) is 17.4 Å². The van der Waals surface area contributed by atoms with Crippen molar-refractivity contribution in [1.29, 1.82) is 0 Å². The van der Waals surface area contributed by atoms with E-state index >= 15 is 0 Å². The maximum atomic E-state index is 6.04. The van der Waals surface area contributed by atoms with Gasteiger partial charge in [0.25, 0.3) is 0 Å². The van der Waals surface area contributed by atoms with E-state index in [9.17, 15) is 0 Å². The molecule has 0 radical (unpaired) electrons. The molecule has 0 fully saturated rings. The number of hydrogen-bond donors (Lipinski definition) is 0. The summed E-state index contributed by atoms with van der Waals surface area (Å²) in [7, 11) is 0. The van der Waals surface area contributed by atoms with Crippen molar-refractivity contribution in [1.82, 2.24) is 9.78 Å². The minimum absolute atomic E-state index is 0.727. The molecule has 0 saturated carbocycles. The van der Waals surface area contributed by atoms with E-state index in [0.29, 0.717) is 0 Å². The maximum Gasteiger partial charge on any atom is 0.0741 e. The summed E-state index contributed by atoms with van der Waals surface area (Å²) in [6, 6.07) is 14.0. The number of para-hydroxylation sites is 1. The number of aromatic nitrogens is 2. The number of rotatable bonds is 1. The SMILES string of the molecule is Cc1ccc(Cl)cc1-n1ncc2ccccc21. The molecule has 84 valence electrons. The highest BCUT2D eigenvalue weighted by Gasteiger charge is 2.07. The van der Waals surface area contributed by atoms with Crippen LogP contribution in [0.15, 0.2) is 48.7 Å². The first-order valence-electron chi connectivity index (χ1n) is 5.45. The third-order valence-corrected chi connectivity index (χ3v) is 3.11. The van der Waals surface area contributed by atoms with Gasteiger partial charge >= 0.3 is 0 Å². The molecule has 1 heterocycles. The molecule has 3 aromatic rings. The Kier molecular flexibility index (Phi) is 2.37. The minimum Gasteiger partial charge on any atom is -0.233 e. The molecule has 3 heteroatoms. The molecule has 0 unspecified atom stereocenters. The second-order valence-electron chi connectivity index (χ2n) is 4.05. The zero-order valence-corrected chi connectivity index (χ0v) is 10.1. The van der Waals surface area contributed by atoms with Gasteiger partial charge in [-0.05, 0) is 30.7 Å². The van der Waals surface area contributed by atoms with Crippen LogP contribution in [-0.2, 0) is 0 Å². The van der Waals surface area contributed by atoms with Crippen molar-refractivity contribution in [2.45, 2.75) is 6.92 Å². The van der Waals surface area contributed by atoms with Crippen LogP contribution in [0.5, 0.6) is 0 Å². The molecular weight excluding hydrogens is 232 g/mol. The van der Waals surface area contributed by atoms with Gasteiger partial charge in [0.2, 0.25) is 0 Å². The third-order valence-electron chi connectivity index (χ3n) is 2.88. The van der Waals surface area contributed by atoms with Crippen molar-refractivity contribution in [2.75, 3.05) is 0 Å². The first kappa shape index (κ1) is 10.4. The van der Waals surface area contributed by atoms with Crippen LogP contribution < -0.4 is 0 Å². The number of halogens is 1. The van der Waals surface area contributed by atoms with E-state index in [-0.39, 0.29) is 0 Å². The highest BCUT2D eigenvalue weighted by atomic mass is 35.5. The van der Waals surface area contributed by atoms with E-state index in [1.165, 1.54) is 0 Å². The molecule has 0 N–H and O–H groups in total. The minimum atomic E-state index is 0.727. The fourth-order valence-corrected chi connectivity index (χ4v) is 2.14. The van der Waals surface area contributed by atoms with E-state index in [1.54, 1.807) is 0 Å². The summed E-state index contributed by atoms with van der Waals surface area (Å²) in [6.45, 7) is 2.06. The Balaban J connectivity index is 2.31. The summed E-state index contributed by atoms with van der Waals surface area (Å²) >= 11 is 6.04. The molecule has 3 rings (SSSR count). The Morgan fingerprint density at radius 2 is 1.94 bits per heavy atom. The van der Waals surface area contributed by atoms with Crippen LogP contribution in [0, 0.1) is 6.92 Å². The van der Waals surface area contributed by atoms with Gasteiger partial charge in [0, 0.05) is 10.4 Å². The van der Waals surface area contributed by atoms with E-state index in [1.807, 2.05) is 41.2 Å². The molecule has 2 aromatic carbocycles. The lowest BCUT2D eigenvalue weighted by Gasteiger charge is -2.07. The number of nitrogens with zero attached hydrogens (tertiary/aromatic N) is 2. The molecule has 0 spiro atoms. The second kappa shape index (κ2) is 3.90. The summed E-state index contributed by atoms with van der Waals surface area (Å²) in [4.78, 5) is 0. The van der Waals surface area contributed by atoms with Gasteiger partial charge < -0.3 is 0 Å². The fourth-order valence-electron chi connectivity index (χ4n) is 1.97. The van der Waals surface area contributed by atoms with Crippen LogP contribution in [0.1, 0.15) is 5.56 Å². The Morgan fingerprint density at radius 1 is 1.12 bits per heavy atom. The van der Waals surface area contributed by atoms with Crippen LogP contribution in [0.4, 0.5) is 0 Å². The predicted molar refractivity (Wildman–Crippen MR) is 70.8 cm³/mol. The summed E-state index contributed by atoms with van der Waals surface area (Å²) in [5, 5.41) is 6.28. The predicted octanol–water partition coefficient (Wildman–Crippen LogP) is 3.99. The van der Waals surface area contributed by atoms with Gasteiger partial charge in [-0.2, -0.15) is 5.10 Å². The normalized spacial score (nSPS) is 10.9. The van der Waals surface area contributed by atoms with Crippen molar-refractivity contribution in [3.8, 4) is 5.69 Å². The third kappa shape index (κ3) is 1.71. The molecule has 0 aliphatic carbocycles. The highest BCUT2D eigenvalue weighted by Crippen LogP contribution is 2.23. The first-order chi connectivity index (χ1) is 8.25. The standard InChI is InChI=1S/C14H11ClN2/c1-10-6-7-12(15)8-14(10)17-13-5-3-2-4-11(13)9-16-17/h2-9H,1H3. The van der Waals surface area contributed by atoms with Crippen molar-refractivity contribution in [3.05, 3.63) is 59.2 Å². The van der Waals surface area contributed by atoms with Gasteiger partial charge in [0.15, 0.2) is 0 Å². The van der Waals surface area contributed by atoms with Crippen LogP contribution in [0.3, 0.4) is 0 Å². The summed E-state index contributed by atoms with van der Waals surface area (Å²) in [6.07, 6.45) is 1.87. The molecule has 0 bridgehead atoms. The molecule has 0 aliphatic heterocycles. The maximum absolute atomic E-state index is 6.04. The van der Waals surface area contributed by atoms with Crippen molar-refractivity contribution in [2.24, 2.45) is 0 Å². The largest absolute Gasteiger partial charge is 0.233 e. The number of hydrogen-bond acceptors (Lipinski definition) is 1. The van der Waals surface area contributed by atoms with Crippen molar-refractivity contribution < 1.29 is 0 Å². The van der Waals surface area contributed by atoms with Gasteiger partial charge in [-0.25, -0.2) is 4.68 Å². The van der Waals surface area contributed by atoms with Gasteiger partial charge in [-0.3, -0.25) is 0 Å². The van der Waals surface area contributed by atoms with Crippen LogP contribution >= 0.6 is 11.6 Å². The average Bonchev–Trinajstić information content (AvgIpc) is 2.76. The fraction of sp³-hybridized carbons (Fsp3) is 0.0714. The molecule has 0 aliphatic rings. The molecule has 1 aromatic heterocycles. The molecule has 0 amide bonds. The summed E-state index contributed by atoms with van der Waals surface area (Å²) in [5.74, 6) is 0. The topological polar surface area (TPSA) is 17.8 Å². The molecular formula is C14H11ClN2. The summed E-state index contributed by atoms with van der Waals surface area (Å²) in [5.41, 5.74) is 3.28. The van der Waals surface area contributed by atoms with E-state index in [4.69, 9.17) is 11.6 Å². The number of aryl methyl sites for hydroxylation is 1. The highest BCUT2D eigenvalue weighted by molar-refractivity contribution is 6.30. The molecule has 0 atom stereocenters. The Hall–Kier alpha value is -1.80. The molecule has 0 saturated heterocycles. The van der Waals surface area contributed by atoms with Gasteiger partial charge in [0.1, 0.15) is 0 Å². The van der Waals surface area contributed by atoms with Gasteiger partial charge in [-0.1, -0.05) is 35.9 Å². The zero-order chi connectivity index (χ0) is 11.8. The lowest BCUT2D eigenvalue weighted by atomic mass is 10.2. The van der Waals surface area contributed by atoms with E-state index < -0.39 is 0 Å². The van der Waals surface area contributed by atoms with Crippen LogP contribution in [0.25, 0.3) is 16.6 Å². The molecule has 17 heavy (non-hydrogen) atoms. The lowest BCUT2D eigenvalue weighted by molar-refractivity contribution is 0.902. The number of benzene rings is 2. The van der Waals surface area contributed by atoms with E-state index in [2.05, 4.69) is 24.2 Å². The van der Waals surface area contributed by atoms with Crippen LogP contribution in [0.2, 0.25) is 5.02 Å². The first-order valence-corrected chi connectivity index (χ1v) is 5.83. The lowest BCUT2D eigenvalue weighted by Crippen LogP contribution is -1.98. The Labute approximate surface area is 104 Å². The molecule has 2 nitrogen and oxygen atoms in total. The summed E-state index contributed by atoms with van der Waals surface area (Å²) < 4.78 is 1.93. The zero-order valence-electron chi connectivity index (χ0n) is 9.39. The van der Waals surface area contributed by atoms with E-state index in [0.717, 1.165) is 27.2 Å². The quantitative estimate of drug-likeness (QED) is 0.631. The smallest absolute Gasteiger partial charge is 0.0741 e. The van der Waals surface area contributed by atoms with Crippen molar-refractivity contribution >= 4 is 22.5 Å². The number of fused-ring (bicyclic) bond motifs is 1. The van der Waals surface area contributed by atoms with Gasteiger partial charge in [-0.15, -0.1) is 0 Å². The second-order valence-corrected chi connectivity index (χ2v) is 4.48. The van der Waals surface area contributed by atoms with Crippen LogP contribution in [-0.4, -0.2) is 9.78 Å². The monoisotopic (exact) mass is 242 g/mol. The average molecular weight is 243 g/mol.